The molecule has 1 fully saturated rings. The van der Waals surface area contributed by atoms with E-state index in [0.717, 1.165) is 31.4 Å². The summed E-state index contributed by atoms with van der Waals surface area (Å²) in [5.41, 5.74) is 1.33. The fourth-order valence-corrected chi connectivity index (χ4v) is 2.53. The average molecular weight is 278 g/mol. The van der Waals surface area contributed by atoms with Gasteiger partial charge >= 0.3 is 0 Å². The molecule has 0 atom stereocenters. The smallest absolute Gasteiger partial charge is 0.122 e. The molecule has 1 aromatic rings. The maximum atomic E-state index is 5.73. The Morgan fingerprint density at radius 1 is 1.40 bits per heavy atom. The molecule has 20 heavy (non-hydrogen) atoms. The molecule has 0 saturated heterocycles. The summed E-state index contributed by atoms with van der Waals surface area (Å²) in [6.45, 7) is 10.9. The van der Waals surface area contributed by atoms with Crippen molar-refractivity contribution in [2.24, 2.45) is 5.92 Å². The number of hydrogen-bond donors (Lipinski definition) is 1. The Hall–Kier alpha value is -0.800. The lowest BCUT2D eigenvalue weighted by Crippen LogP contribution is -2.27. The minimum absolute atomic E-state index is 0.692. The van der Waals surface area contributed by atoms with Crippen molar-refractivity contribution >= 4 is 0 Å². The van der Waals surface area contributed by atoms with Crippen LogP contribution in [0.25, 0.3) is 0 Å². The number of rotatable bonds is 10. The molecular formula is C17H30N2O. The maximum absolute atomic E-state index is 5.73. The second-order valence-corrected chi connectivity index (χ2v) is 6.45. The van der Waals surface area contributed by atoms with Crippen molar-refractivity contribution in [2.45, 2.75) is 65.6 Å². The van der Waals surface area contributed by atoms with Crippen LogP contribution < -0.4 is 5.32 Å². The Morgan fingerprint density at radius 2 is 2.20 bits per heavy atom. The van der Waals surface area contributed by atoms with E-state index in [1.165, 1.54) is 37.8 Å². The van der Waals surface area contributed by atoms with Crippen LogP contribution in [-0.4, -0.2) is 24.0 Å². The Balaban J connectivity index is 1.85. The predicted octanol–water partition coefficient (Wildman–Crippen LogP) is 3.79. The van der Waals surface area contributed by atoms with Gasteiger partial charge in [-0.05, 0) is 44.3 Å². The van der Waals surface area contributed by atoms with E-state index in [2.05, 4.69) is 37.1 Å². The molecular weight excluding hydrogens is 248 g/mol. The lowest BCUT2D eigenvalue weighted by atomic mass is 10.2. The molecule has 114 valence electrons. The zero-order valence-electron chi connectivity index (χ0n) is 13.3. The van der Waals surface area contributed by atoms with Crippen LogP contribution in [0.1, 0.15) is 57.8 Å². The van der Waals surface area contributed by atoms with E-state index < -0.39 is 0 Å². The third kappa shape index (κ3) is 4.95. The molecule has 0 spiro atoms. The Morgan fingerprint density at radius 3 is 2.85 bits per heavy atom. The second kappa shape index (κ2) is 7.84. The Labute approximate surface area is 123 Å². The van der Waals surface area contributed by atoms with Gasteiger partial charge in [0, 0.05) is 18.2 Å². The van der Waals surface area contributed by atoms with E-state index >= 15 is 0 Å². The van der Waals surface area contributed by atoms with E-state index in [1.54, 1.807) is 0 Å². The van der Waals surface area contributed by atoms with Crippen molar-refractivity contribution in [1.82, 2.24) is 10.2 Å². The first kappa shape index (κ1) is 15.6. The van der Waals surface area contributed by atoms with Gasteiger partial charge in [0.15, 0.2) is 0 Å². The molecule has 0 aliphatic heterocycles. The van der Waals surface area contributed by atoms with Crippen molar-refractivity contribution in [3.63, 3.8) is 0 Å². The van der Waals surface area contributed by atoms with Crippen LogP contribution >= 0.6 is 0 Å². The number of hydrogen-bond acceptors (Lipinski definition) is 3. The highest BCUT2D eigenvalue weighted by atomic mass is 16.3. The highest BCUT2D eigenvalue weighted by molar-refractivity contribution is 5.17. The summed E-state index contributed by atoms with van der Waals surface area (Å²) in [5.74, 6) is 1.85. The number of furan rings is 1. The quantitative estimate of drug-likeness (QED) is 0.706. The van der Waals surface area contributed by atoms with Gasteiger partial charge in [0.2, 0.25) is 0 Å². The van der Waals surface area contributed by atoms with Crippen LogP contribution in [0.2, 0.25) is 0 Å². The summed E-state index contributed by atoms with van der Waals surface area (Å²) < 4.78 is 5.73. The zero-order valence-corrected chi connectivity index (χ0v) is 13.3. The number of nitrogens with one attached hydrogen (secondary N) is 1. The van der Waals surface area contributed by atoms with Crippen molar-refractivity contribution in [3.05, 3.63) is 23.7 Å². The van der Waals surface area contributed by atoms with Gasteiger partial charge in [-0.25, -0.2) is 0 Å². The maximum Gasteiger partial charge on any atom is 0.122 e. The minimum atomic E-state index is 0.692. The first-order chi connectivity index (χ1) is 9.70. The van der Waals surface area contributed by atoms with Crippen LogP contribution in [0, 0.1) is 5.92 Å². The average Bonchev–Trinajstić information content (AvgIpc) is 3.17. The molecule has 0 unspecified atom stereocenters. The molecule has 2 rings (SSSR count). The molecule has 0 aromatic carbocycles. The molecule has 1 N–H and O–H groups in total. The summed E-state index contributed by atoms with van der Waals surface area (Å²) in [5, 5.41) is 3.51. The summed E-state index contributed by atoms with van der Waals surface area (Å²) in [4.78, 5) is 2.61. The van der Waals surface area contributed by atoms with E-state index in [-0.39, 0.29) is 0 Å². The first-order valence-electron chi connectivity index (χ1n) is 8.20. The summed E-state index contributed by atoms with van der Waals surface area (Å²) >= 11 is 0. The van der Waals surface area contributed by atoms with Gasteiger partial charge in [0.25, 0.3) is 0 Å². The normalized spacial score (nSPS) is 15.4. The van der Waals surface area contributed by atoms with E-state index in [9.17, 15) is 0 Å². The largest absolute Gasteiger partial charge is 0.468 e. The SMILES string of the molecule is CCCCN(Cc1occc1CNCC(C)C)C1CC1. The number of unbranched alkanes of at least 4 members (excludes halogenated alkanes) is 1. The third-order valence-corrected chi connectivity index (χ3v) is 3.91. The van der Waals surface area contributed by atoms with Crippen LogP contribution in [0.5, 0.6) is 0 Å². The third-order valence-electron chi connectivity index (χ3n) is 3.91. The summed E-state index contributed by atoms with van der Waals surface area (Å²) in [7, 11) is 0. The molecule has 3 heteroatoms. The van der Waals surface area contributed by atoms with Crippen LogP contribution in [0.4, 0.5) is 0 Å². The zero-order chi connectivity index (χ0) is 14.4. The first-order valence-corrected chi connectivity index (χ1v) is 8.20. The topological polar surface area (TPSA) is 28.4 Å². The van der Waals surface area contributed by atoms with Gasteiger partial charge in [-0.1, -0.05) is 27.2 Å². The lowest BCUT2D eigenvalue weighted by Gasteiger charge is -2.21. The summed E-state index contributed by atoms with van der Waals surface area (Å²) in [6.07, 6.45) is 7.13. The molecule has 3 nitrogen and oxygen atoms in total. The van der Waals surface area contributed by atoms with Crippen LogP contribution in [-0.2, 0) is 13.1 Å². The van der Waals surface area contributed by atoms with Crippen molar-refractivity contribution in [3.8, 4) is 0 Å². The van der Waals surface area contributed by atoms with E-state index in [4.69, 9.17) is 4.42 Å². The van der Waals surface area contributed by atoms with Crippen LogP contribution in [0.3, 0.4) is 0 Å². The predicted molar refractivity (Wildman–Crippen MR) is 83.6 cm³/mol. The Bertz CT molecular complexity index is 382. The van der Waals surface area contributed by atoms with Gasteiger partial charge in [-0.15, -0.1) is 0 Å². The monoisotopic (exact) mass is 278 g/mol. The van der Waals surface area contributed by atoms with Gasteiger partial charge < -0.3 is 9.73 Å². The fourth-order valence-electron chi connectivity index (χ4n) is 2.53. The second-order valence-electron chi connectivity index (χ2n) is 6.45. The highest BCUT2D eigenvalue weighted by Gasteiger charge is 2.29. The van der Waals surface area contributed by atoms with Gasteiger partial charge in [-0.3, -0.25) is 4.90 Å². The molecule has 0 radical (unpaired) electrons. The van der Waals surface area contributed by atoms with Gasteiger partial charge in [0.05, 0.1) is 12.8 Å². The van der Waals surface area contributed by atoms with Crippen molar-refractivity contribution in [2.75, 3.05) is 13.1 Å². The minimum Gasteiger partial charge on any atom is -0.468 e. The Kier molecular flexibility index (Phi) is 6.11. The summed E-state index contributed by atoms with van der Waals surface area (Å²) in [6, 6.07) is 2.93. The van der Waals surface area contributed by atoms with Crippen molar-refractivity contribution < 1.29 is 4.42 Å². The fraction of sp³-hybridized carbons (Fsp3) is 0.765. The molecule has 1 heterocycles. The van der Waals surface area contributed by atoms with E-state index in [0.29, 0.717) is 5.92 Å². The van der Waals surface area contributed by atoms with Crippen LogP contribution in [0.15, 0.2) is 16.7 Å². The molecule has 0 amide bonds. The molecule has 0 bridgehead atoms. The molecule has 1 aliphatic carbocycles. The van der Waals surface area contributed by atoms with Gasteiger partial charge in [0.1, 0.15) is 5.76 Å². The van der Waals surface area contributed by atoms with Crippen molar-refractivity contribution in [1.29, 1.82) is 0 Å². The van der Waals surface area contributed by atoms with Gasteiger partial charge in [-0.2, -0.15) is 0 Å². The molecule has 1 aliphatic rings. The molecule has 1 saturated carbocycles. The number of nitrogens with zero attached hydrogens (tertiary/aromatic N) is 1. The highest BCUT2D eigenvalue weighted by Crippen LogP contribution is 2.29. The van der Waals surface area contributed by atoms with E-state index in [1.807, 2.05) is 6.26 Å². The molecule has 1 aromatic heterocycles. The standard InChI is InChI=1S/C17H30N2O/c1-4-5-9-19(16-6-7-16)13-17-15(8-10-20-17)12-18-11-14(2)3/h8,10,14,16,18H,4-7,9,11-13H2,1-3H3. The lowest BCUT2D eigenvalue weighted by molar-refractivity contribution is 0.229.